The second-order valence-electron chi connectivity index (χ2n) is 6.30. The topological polar surface area (TPSA) is 9.23 Å². The molecule has 1 fully saturated rings. The van der Waals surface area contributed by atoms with E-state index in [1.165, 1.54) is 83.5 Å². The van der Waals surface area contributed by atoms with Crippen molar-refractivity contribution >= 4 is 0 Å². The zero-order valence-corrected chi connectivity index (χ0v) is 13.5. The number of rotatable bonds is 11. The Balaban J connectivity index is 2.07. The van der Waals surface area contributed by atoms with Gasteiger partial charge in [0.25, 0.3) is 0 Å². The molecule has 1 aliphatic carbocycles. The summed E-state index contributed by atoms with van der Waals surface area (Å²) >= 11 is 0. The molecule has 0 N–H and O–H groups in total. The highest BCUT2D eigenvalue weighted by Gasteiger charge is 2.23. The highest BCUT2D eigenvalue weighted by atomic mass is 16.5. The van der Waals surface area contributed by atoms with Crippen LogP contribution in [0.2, 0.25) is 0 Å². The summed E-state index contributed by atoms with van der Waals surface area (Å²) in [6.07, 6.45) is 18.9. The summed E-state index contributed by atoms with van der Waals surface area (Å²) in [5.74, 6) is 0.869. The van der Waals surface area contributed by atoms with Gasteiger partial charge in [0, 0.05) is 6.61 Å². The fraction of sp³-hybridized carbons (Fsp3) is 1.00. The monoisotopic (exact) mass is 268 g/mol. The second kappa shape index (κ2) is 11.8. The van der Waals surface area contributed by atoms with E-state index in [-0.39, 0.29) is 0 Å². The predicted molar refractivity (Wildman–Crippen MR) is 84.6 cm³/mol. The van der Waals surface area contributed by atoms with Gasteiger partial charge < -0.3 is 4.74 Å². The minimum atomic E-state index is 0.570. The van der Waals surface area contributed by atoms with E-state index in [1.54, 1.807) is 0 Å². The van der Waals surface area contributed by atoms with Crippen LogP contribution in [-0.2, 0) is 4.74 Å². The molecule has 1 aliphatic rings. The van der Waals surface area contributed by atoms with Gasteiger partial charge >= 0.3 is 0 Å². The third-order valence-electron chi connectivity index (χ3n) is 4.65. The minimum Gasteiger partial charge on any atom is -0.378 e. The van der Waals surface area contributed by atoms with Crippen LogP contribution in [0, 0.1) is 5.92 Å². The van der Waals surface area contributed by atoms with Gasteiger partial charge in [-0.05, 0) is 32.1 Å². The van der Waals surface area contributed by atoms with Gasteiger partial charge in [-0.2, -0.15) is 0 Å². The third kappa shape index (κ3) is 7.97. The van der Waals surface area contributed by atoms with Crippen molar-refractivity contribution in [1.29, 1.82) is 0 Å². The molecule has 0 aromatic carbocycles. The highest BCUT2D eigenvalue weighted by Crippen LogP contribution is 2.30. The molecule has 1 saturated carbocycles. The molecular formula is C18H36O. The van der Waals surface area contributed by atoms with Crippen LogP contribution < -0.4 is 0 Å². The molecule has 1 atom stereocenters. The minimum absolute atomic E-state index is 0.570. The molecule has 0 aliphatic heterocycles. The van der Waals surface area contributed by atoms with Gasteiger partial charge in [-0.15, -0.1) is 0 Å². The van der Waals surface area contributed by atoms with Crippen molar-refractivity contribution in [1.82, 2.24) is 0 Å². The Hall–Kier alpha value is -0.0400. The Morgan fingerprint density at radius 2 is 1.47 bits per heavy atom. The zero-order valence-electron chi connectivity index (χ0n) is 13.5. The molecule has 1 rings (SSSR count). The Kier molecular flexibility index (Phi) is 10.5. The molecule has 1 unspecified atom stereocenters. The molecule has 0 radical (unpaired) electrons. The van der Waals surface area contributed by atoms with Crippen LogP contribution in [0.3, 0.4) is 0 Å². The first kappa shape index (κ1) is 17.0. The SMILES string of the molecule is CCCCCCCCCC(OCC)C1CCCCC1. The lowest BCUT2D eigenvalue weighted by atomic mass is 9.83. The van der Waals surface area contributed by atoms with E-state index < -0.39 is 0 Å². The fourth-order valence-electron chi connectivity index (χ4n) is 3.48. The number of unbranched alkanes of at least 4 members (excludes halogenated alkanes) is 6. The average Bonchev–Trinajstić information content (AvgIpc) is 2.46. The molecule has 0 heterocycles. The molecule has 0 saturated heterocycles. The van der Waals surface area contributed by atoms with Crippen LogP contribution in [0.5, 0.6) is 0 Å². The Morgan fingerprint density at radius 3 is 2.11 bits per heavy atom. The van der Waals surface area contributed by atoms with Gasteiger partial charge in [-0.3, -0.25) is 0 Å². The second-order valence-corrected chi connectivity index (χ2v) is 6.30. The van der Waals surface area contributed by atoms with Crippen molar-refractivity contribution in [3.05, 3.63) is 0 Å². The standard InChI is InChI=1S/C18H36O/c1-3-5-6-7-8-9-13-16-18(19-4-2)17-14-11-10-12-15-17/h17-18H,3-16H2,1-2H3. The number of hydrogen-bond acceptors (Lipinski definition) is 1. The number of hydrogen-bond donors (Lipinski definition) is 0. The van der Waals surface area contributed by atoms with E-state index in [2.05, 4.69) is 13.8 Å². The summed E-state index contributed by atoms with van der Waals surface area (Å²) in [5, 5.41) is 0. The van der Waals surface area contributed by atoms with Gasteiger partial charge in [0.2, 0.25) is 0 Å². The van der Waals surface area contributed by atoms with Crippen LogP contribution >= 0.6 is 0 Å². The van der Waals surface area contributed by atoms with Crippen LogP contribution in [0.4, 0.5) is 0 Å². The maximum Gasteiger partial charge on any atom is 0.0603 e. The van der Waals surface area contributed by atoms with Crippen LogP contribution in [-0.4, -0.2) is 12.7 Å². The highest BCUT2D eigenvalue weighted by molar-refractivity contribution is 4.74. The van der Waals surface area contributed by atoms with Crippen LogP contribution in [0.1, 0.15) is 97.3 Å². The number of ether oxygens (including phenoxy) is 1. The predicted octanol–water partition coefficient (Wildman–Crippen LogP) is 6.11. The molecule has 1 nitrogen and oxygen atoms in total. The van der Waals surface area contributed by atoms with Gasteiger partial charge in [0.15, 0.2) is 0 Å². The van der Waals surface area contributed by atoms with E-state index in [0.29, 0.717) is 6.10 Å². The summed E-state index contributed by atoms with van der Waals surface area (Å²) < 4.78 is 6.03. The fourth-order valence-corrected chi connectivity index (χ4v) is 3.48. The molecule has 0 aromatic heterocycles. The van der Waals surface area contributed by atoms with E-state index in [4.69, 9.17) is 4.74 Å². The quantitative estimate of drug-likeness (QED) is 0.411. The Bertz CT molecular complexity index is 184. The summed E-state index contributed by atoms with van der Waals surface area (Å²) in [6.45, 7) is 5.34. The summed E-state index contributed by atoms with van der Waals surface area (Å²) in [4.78, 5) is 0. The van der Waals surface area contributed by atoms with Crippen molar-refractivity contribution in [2.24, 2.45) is 5.92 Å². The van der Waals surface area contributed by atoms with Crippen molar-refractivity contribution in [3.63, 3.8) is 0 Å². The zero-order chi connectivity index (χ0) is 13.8. The molecule has 114 valence electrons. The van der Waals surface area contributed by atoms with Crippen LogP contribution in [0.25, 0.3) is 0 Å². The third-order valence-corrected chi connectivity index (χ3v) is 4.65. The van der Waals surface area contributed by atoms with Gasteiger partial charge in [0.1, 0.15) is 0 Å². The van der Waals surface area contributed by atoms with E-state index in [9.17, 15) is 0 Å². The molecule has 0 aromatic rings. The normalized spacial score (nSPS) is 18.6. The van der Waals surface area contributed by atoms with Crippen molar-refractivity contribution in [2.45, 2.75) is 103 Å². The Labute approximate surface area is 121 Å². The first-order chi connectivity index (χ1) is 9.38. The van der Waals surface area contributed by atoms with Gasteiger partial charge in [-0.25, -0.2) is 0 Å². The average molecular weight is 268 g/mol. The lowest BCUT2D eigenvalue weighted by Gasteiger charge is -2.30. The maximum absolute atomic E-state index is 6.03. The molecule has 0 amide bonds. The molecule has 19 heavy (non-hydrogen) atoms. The molecule has 0 bridgehead atoms. The Morgan fingerprint density at radius 1 is 0.842 bits per heavy atom. The largest absolute Gasteiger partial charge is 0.378 e. The summed E-state index contributed by atoms with van der Waals surface area (Å²) in [7, 11) is 0. The first-order valence-corrected chi connectivity index (χ1v) is 9.00. The summed E-state index contributed by atoms with van der Waals surface area (Å²) in [5.41, 5.74) is 0. The lowest BCUT2D eigenvalue weighted by Crippen LogP contribution is -2.26. The van der Waals surface area contributed by atoms with Crippen molar-refractivity contribution in [2.75, 3.05) is 6.61 Å². The summed E-state index contributed by atoms with van der Waals surface area (Å²) in [6, 6.07) is 0. The van der Waals surface area contributed by atoms with E-state index in [0.717, 1.165) is 12.5 Å². The molecule has 1 heteroatoms. The molecule has 0 spiro atoms. The smallest absolute Gasteiger partial charge is 0.0603 e. The first-order valence-electron chi connectivity index (χ1n) is 9.00. The van der Waals surface area contributed by atoms with Gasteiger partial charge in [0.05, 0.1) is 6.10 Å². The maximum atomic E-state index is 6.03. The van der Waals surface area contributed by atoms with Crippen molar-refractivity contribution in [3.8, 4) is 0 Å². The van der Waals surface area contributed by atoms with Crippen LogP contribution in [0.15, 0.2) is 0 Å². The van der Waals surface area contributed by atoms with E-state index in [1.807, 2.05) is 0 Å². The lowest BCUT2D eigenvalue weighted by molar-refractivity contribution is 0.000464. The van der Waals surface area contributed by atoms with Gasteiger partial charge in [-0.1, -0.05) is 71.1 Å². The van der Waals surface area contributed by atoms with E-state index >= 15 is 0 Å². The molecular weight excluding hydrogens is 232 g/mol. The van der Waals surface area contributed by atoms with Crippen molar-refractivity contribution < 1.29 is 4.74 Å².